The Balaban J connectivity index is 1.42. The lowest BCUT2D eigenvalue weighted by atomic mass is 10.0. The van der Waals surface area contributed by atoms with Crippen molar-refractivity contribution >= 4 is 29.5 Å². The van der Waals surface area contributed by atoms with E-state index in [1.165, 1.54) is 12.8 Å². The molecule has 3 amide bonds. The predicted molar refractivity (Wildman–Crippen MR) is 118 cm³/mol. The third kappa shape index (κ3) is 4.09. The van der Waals surface area contributed by atoms with Crippen LogP contribution < -0.4 is 10.6 Å². The Morgan fingerprint density at radius 1 is 1.10 bits per heavy atom. The standard InChI is InChI=1S/C23H31N3O3S/c1-14(2)19(21(28)24-15-9-5-3-4-6-10-15)25-20(27)18-13-30-23-17-12-8-7-11-16(17)22(29)26(18)23/h7-8,11-12,14-15,18-19,23H,3-6,9-10,13H2,1-2H3,(H,24,28)(H,25,27)/t18-,19-,23-/m0/s1. The molecule has 2 aliphatic heterocycles. The van der Waals surface area contributed by atoms with Gasteiger partial charge in [0.1, 0.15) is 17.5 Å². The molecule has 6 nitrogen and oxygen atoms in total. The van der Waals surface area contributed by atoms with E-state index in [0.29, 0.717) is 11.3 Å². The van der Waals surface area contributed by atoms with Crippen molar-refractivity contribution in [3.63, 3.8) is 0 Å². The van der Waals surface area contributed by atoms with Crippen LogP contribution in [0.1, 0.15) is 73.7 Å². The number of nitrogens with zero attached hydrogens (tertiary/aromatic N) is 1. The zero-order valence-corrected chi connectivity index (χ0v) is 18.5. The Bertz CT molecular complexity index is 820. The van der Waals surface area contributed by atoms with Crippen LogP contribution in [0, 0.1) is 5.92 Å². The molecule has 0 bridgehead atoms. The van der Waals surface area contributed by atoms with Crippen LogP contribution in [-0.4, -0.2) is 46.5 Å². The fraction of sp³-hybridized carbons (Fsp3) is 0.609. The summed E-state index contributed by atoms with van der Waals surface area (Å²) in [6.07, 6.45) is 6.74. The predicted octanol–water partition coefficient (Wildman–Crippen LogP) is 3.24. The molecule has 0 unspecified atom stereocenters. The summed E-state index contributed by atoms with van der Waals surface area (Å²) >= 11 is 1.61. The van der Waals surface area contributed by atoms with Gasteiger partial charge >= 0.3 is 0 Å². The fourth-order valence-corrected chi connectivity index (χ4v) is 6.21. The second kappa shape index (κ2) is 9.00. The third-order valence-electron chi connectivity index (χ3n) is 6.44. The molecule has 3 atom stereocenters. The van der Waals surface area contributed by atoms with E-state index in [9.17, 15) is 14.4 Å². The number of thioether (sulfide) groups is 1. The Morgan fingerprint density at radius 2 is 1.80 bits per heavy atom. The Morgan fingerprint density at radius 3 is 2.50 bits per heavy atom. The molecule has 7 heteroatoms. The molecule has 4 rings (SSSR count). The summed E-state index contributed by atoms with van der Waals surface area (Å²) < 4.78 is 0. The highest BCUT2D eigenvalue weighted by molar-refractivity contribution is 7.99. The highest BCUT2D eigenvalue weighted by Crippen LogP contribution is 2.48. The van der Waals surface area contributed by atoms with Crippen LogP contribution in [0.4, 0.5) is 0 Å². The molecule has 2 heterocycles. The van der Waals surface area contributed by atoms with Crippen molar-refractivity contribution in [1.29, 1.82) is 0 Å². The van der Waals surface area contributed by atoms with E-state index in [-0.39, 0.29) is 35.1 Å². The monoisotopic (exact) mass is 429 g/mol. The second-order valence-corrected chi connectivity index (χ2v) is 10.0. The van der Waals surface area contributed by atoms with Crippen molar-refractivity contribution in [3.8, 4) is 0 Å². The molecular formula is C23H31N3O3S. The van der Waals surface area contributed by atoms with E-state index < -0.39 is 12.1 Å². The molecule has 1 saturated heterocycles. The number of hydrogen-bond acceptors (Lipinski definition) is 4. The van der Waals surface area contributed by atoms with Gasteiger partial charge in [-0.25, -0.2) is 0 Å². The van der Waals surface area contributed by atoms with Gasteiger partial charge in [0.15, 0.2) is 0 Å². The van der Waals surface area contributed by atoms with Gasteiger partial charge in [-0.3, -0.25) is 14.4 Å². The zero-order chi connectivity index (χ0) is 21.3. The van der Waals surface area contributed by atoms with Gasteiger partial charge in [0, 0.05) is 17.4 Å². The fourth-order valence-electron chi connectivity index (χ4n) is 4.74. The van der Waals surface area contributed by atoms with E-state index in [0.717, 1.165) is 31.2 Å². The second-order valence-electron chi connectivity index (χ2n) is 8.93. The summed E-state index contributed by atoms with van der Waals surface area (Å²) in [6.45, 7) is 3.89. The Kier molecular flexibility index (Phi) is 6.37. The molecule has 0 radical (unpaired) electrons. The van der Waals surface area contributed by atoms with Gasteiger partial charge in [0.2, 0.25) is 11.8 Å². The lowest BCUT2D eigenvalue weighted by Gasteiger charge is -2.28. The molecule has 2 N–H and O–H groups in total. The molecule has 1 aromatic rings. The summed E-state index contributed by atoms with van der Waals surface area (Å²) in [7, 11) is 0. The van der Waals surface area contributed by atoms with Gasteiger partial charge in [-0.2, -0.15) is 0 Å². The molecule has 2 fully saturated rings. The molecule has 1 aliphatic carbocycles. The van der Waals surface area contributed by atoms with E-state index in [2.05, 4.69) is 10.6 Å². The van der Waals surface area contributed by atoms with Crippen LogP contribution >= 0.6 is 11.8 Å². The average molecular weight is 430 g/mol. The highest BCUT2D eigenvalue weighted by atomic mass is 32.2. The maximum Gasteiger partial charge on any atom is 0.256 e. The van der Waals surface area contributed by atoms with Crippen LogP contribution in [0.15, 0.2) is 24.3 Å². The first-order chi connectivity index (χ1) is 14.5. The van der Waals surface area contributed by atoms with Gasteiger partial charge in [-0.1, -0.05) is 57.7 Å². The van der Waals surface area contributed by atoms with E-state index >= 15 is 0 Å². The molecule has 1 saturated carbocycles. The molecule has 162 valence electrons. The van der Waals surface area contributed by atoms with E-state index in [1.54, 1.807) is 16.7 Å². The quantitative estimate of drug-likeness (QED) is 0.705. The number of hydrogen-bond donors (Lipinski definition) is 2. The van der Waals surface area contributed by atoms with E-state index in [4.69, 9.17) is 0 Å². The largest absolute Gasteiger partial charge is 0.352 e. The van der Waals surface area contributed by atoms with Gasteiger partial charge in [0.05, 0.1) is 0 Å². The van der Waals surface area contributed by atoms with Crippen molar-refractivity contribution in [2.75, 3.05) is 5.75 Å². The SMILES string of the molecule is CC(C)[C@H](NC(=O)[C@@H]1CS[C@H]2c3ccccc3C(=O)N12)C(=O)NC1CCCCCC1. The first kappa shape index (κ1) is 21.2. The first-order valence-electron chi connectivity index (χ1n) is 11.1. The molecule has 0 spiro atoms. The van der Waals surface area contributed by atoms with Gasteiger partial charge in [-0.15, -0.1) is 11.8 Å². The maximum atomic E-state index is 13.2. The molecular weight excluding hydrogens is 398 g/mol. The number of amides is 3. The van der Waals surface area contributed by atoms with Crippen LogP contribution in [0.3, 0.4) is 0 Å². The smallest absolute Gasteiger partial charge is 0.256 e. The van der Waals surface area contributed by atoms with Gasteiger partial charge < -0.3 is 15.5 Å². The minimum Gasteiger partial charge on any atom is -0.352 e. The number of carbonyl (C=O) groups is 3. The zero-order valence-electron chi connectivity index (χ0n) is 17.7. The van der Waals surface area contributed by atoms with Crippen LogP contribution in [-0.2, 0) is 9.59 Å². The average Bonchev–Trinajstić information content (AvgIpc) is 3.17. The number of carbonyl (C=O) groups excluding carboxylic acids is 3. The number of benzene rings is 1. The van der Waals surface area contributed by atoms with Gasteiger partial charge in [0.25, 0.3) is 5.91 Å². The summed E-state index contributed by atoms with van der Waals surface area (Å²) in [5, 5.41) is 6.02. The van der Waals surface area contributed by atoms with Crippen LogP contribution in [0.2, 0.25) is 0 Å². The summed E-state index contributed by atoms with van der Waals surface area (Å²) in [5.41, 5.74) is 1.66. The Labute approximate surface area is 182 Å². The summed E-state index contributed by atoms with van der Waals surface area (Å²) in [5.74, 6) is 0.0798. The molecule has 1 aromatic carbocycles. The molecule has 30 heavy (non-hydrogen) atoms. The minimum atomic E-state index is -0.593. The first-order valence-corrected chi connectivity index (χ1v) is 12.2. The number of fused-ring (bicyclic) bond motifs is 3. The third-order valence-corrected chi connectivity index (χ3v) is 7.75. The lowest BCUT2D eigenvalue weighted by Crippen LogP contribution is -2.56. The highest BCUT2D eigenvalue weighted by Gasteiger charge is 2.48. The van der Waals surface area contributed by atoms with Crippen molar-refractivity contribution < 1.29 is 14.4 Å². The molecule has 3 aliphatic rings. The summed E-state index contributed by atoms with van der Waals surface area (Å²) in [4.78, 5) is 40.7. The van der Waals surface area contributed by atoms with Crippen molar-refractivity contribution in [2.45, 2.75) is 75.9 Å². The van der Waals surface area contributed by atoms with Crippen LogP contribution in [0.5, 0.6) is 0 Å². The van der Waals surface area contributed by atoms with Crippen LogP contribution in [0.25, 0.3) is 0 Å². The van der Waals surface area contributed by atoms with Crippen molar-refractivity contribution in [1.82, 2.24) is 15.5 Å². The summed E-state index contributed by atoms with van der Waals surface area (Å²) in [6, 6.07) is 6.61. The lowest BCUT2D eigenvalue weighted by molar-refractivity contribution is -0.132. The minimum absolute atomic E-state index is 0.0314. The molecule has 0 aromatic heterocycles. The number of nitrogens with one attached hydrogen (secondary N) is 2. The number of rotatable bonds is 5. The topological polar surface area (TPSA) is 78.5 Å². The Hall–Kier alpha value is -2.02. The normalized spacial score (nSPS) is 24.9. The van der Waals surface area contributed by atoms with Crippen molar-refractivity contribution in [2.24, 2.45) is 5.92 Å². The van der Waals surface area contributed by atoms with Gasteiger partial charge in [-0.05, 0) is 30.4 Å². The maximum absolute atomic E-state index is 13.2. The van der Waals surface area contributed by atoms with E-state index in [1.807, 2.05) is 38.1 Å². The van der Waals surface area contributed by atoms with Crippen molar-refractivity contribution in [3.05, 3.63) is 35.4 Å².